The van der Waals surface area contributed by atoms with Gasteiger partial charge in [-0.15, -0.1) is 0 Å². The van der Waals surface area contributed by atoms with Gasteiger partial charge in [-0.2, -0.15) is 0 Å². The number of aromatic nitrogens is 1. The van der Waals surface area contributed by atoms with Crippen LogP contribution in [0, 0.1) is 5.92 Å². The molecule has 1 amide bonds. The second-order valence-electron chi connectivity index (χ2n) is 7.30. The zero-order valence-electron chi connectivity index (χ0n) is 13.6. The predicted octanol–water partition coefficient (Wildman–Crippen LogP) is 2.00. The van der Waals surface area contributed by atoms with Crippen LogP contribution in [-0.2, 0) is 6.54 Å². The minimum atomic E-state index is 0.133. The summed E-state index contributed by atoms with van der Waals surface area (Å²) in [5.41, 5.74) is 2.35. The molecule has 4 aliphatic rings. The largest absolute Gasteiger partial charge is 0.344 e. The summed E-state index contributed by atoms with van der Waals surface area (Å²) >= 11 is 0. The highest BCUT2D eigenvalue weighted by Gasteiger charge is 2.40. The first-order valence-electron chi connectivity index (χ1n) is 8.86. The van der Waals surface area contributed by atoms with E-state index in [1.165, 1.54) is 25.9 Å². The third-order valence-electron chi connectivity index (χ3n) is 6.15. The van der Waals surface area contributed by atoms with Gasteiger partial charge >= 0.3 is 0 Å². The number of benzene rings is 1. The number of rotatable bonds is 2. The SMILES string of the molecule is O=Cc1cn2c3c(cccc13)C(=O)N([C@@H]1CN3CCC1CC3)CC2. The molecule has 5 heterocycles. The Hall–Kier alpha value is -2.14. The minimum absolute atomic E-state index is 0.133. The fourth-order valence-corrected chi connectivity index (χ4v) is 4.91. The van der Waals surface area contributed by atoms with Crippen LogP contribution in [0.3, 0.4) is 0 Å². The van der Waals surface area contributed by atoms with Gasteiger partial charge in [0, 0.05) is 42.8 Å². The number of hydrogen-bond acceptors (Lipinski definition) is 3. The van der Waals surface area contributed by atoms with Gasteiger partial charge in [0.1, 0.15) is 0 Å². The summed E-state index contributed by atoms with van der Waals surface area (Å²) in [5, 5.41) is 0.895. The van der Waals surface area contributed by atoms with Crippen LogP contribution in [0.5, 0.6) is 0 Å². The van der Waals surface area contributed by atoms with Crippen molar-refractivity contribution < 1.29 is 9.59 Å². The summed E-state index contributed by atoms with van der Waals surface area (Å²) in [5.74, 6) is 0.773. The number of aldehydes is 1. The highest BCUT2D eigenvalue weighted by Crippen LogP contribution is 2.34. The number of amides is 1. The molecule has 6 rings (SSSR count). The molecule has 5 heteroatoms. The van der Waals surface area contributed by atoms with Gasteiger partial charge in [-0.1, -0.05) is 12.1 Å². The molecule has 3 fully saturated rings. The highest BCUT2D eigenvalue weighted by atomic mass is 16.2. The third-order valence-corrected chi connectivity index (χ3v) is 6.15. The van der Waals surface area contributed by atoms with Crippen molar-refractivity contribution in [1.29, 1.82) is 0 Å². The molecule has 1 atom stereocenters. The molecule has 0 unspecified atom stereocenters. The van der Waals surface area contributed by atoms with Crippen molar-refractivity contribution in [2.24, 2.45) is 5.92 Å². The Bertz CT molecular complexity index is 832. The maximum absolute atomic E-state index is 13.3. The average Bonchev–Trinajstić information content (AvgIpc) is 2.93. The van der Waals surface area contributed by atoms with Crippen LogP contribution in [-0.4, -0.2) is 58.8 Å². The molecule has 2 aromatic rings. The van der Waals surface area contributed by atoms with Crippen molar-refractivity contribution in [1.82, 2.24) is 14.4 Å². The van der Waals surface area contributed by atoms with Gasteiger partial charge in [0.05, 0.1) is 11.1 Å². The topological polar surface area (TPSA) is 45.6 Å². The van der Waals surface area contributed by atoms with Gasteiger partial charge < -0.3 is 14.4 Å². The van der Waals surface area contributed by atoms with E-state index in [4.69, 9.17) is 0 Å². The van der Waals surface area contributed by atoms with Gasteiger partial charge in [0.15, 0.2) is 6.29 Å². The zero-order valence-corrected chi connectivity index (χ0v) is 13.6. The van der Waals surface area contributed by atoms with Crippen molar-refractivity contribution in [2.45, 2.75) is 25.4 Å². The van der Waals surface area contributed by atoms with Gasteiger partial charge in [-0.05, 0) is 37.9 Å². The van der Waals surface area contributed by atoms with Crippen LogP contribution in [0.2, 0.25) is 0 Å². The normalized spacial score (nSPS) is 29.1. The second-order valence-corrected chi connectivity index (χ2v) is 7.30. The molecule has 4 aliphatic heterocycles. The molecule has 0 saturated carbocycles. The van der Waals surface area contributed by atoms with E-state index in [9.17, 15) is 9.59 Å². The van der Waals surface area contributed by atoms with E-state index in [0.717, 1.165) is 42.4 Å². The van der Waals surface area contributed by atoms with E-state index in [-0.39, 0.29) is 5.91 Å². The smallest absolute Gasteiger partial charge is 0.256 e. The number of nitrogens with zero attached hydrogens (tertiary/aromatic N) is 3. The van der Waals surface area contributed by atoms with Crippen molar-refractivity contribution in [2.75, 3.05) is 26.2 Å². The Labute approximate surface area is 140 Å². The van der Waals surface area contributed by atoms with Crippen molar-refractivity contribution in [3.8, 4) is 0 Å². The summed E-state index contributed by atoms with van der Waals surface area (Å²) in [4.78, 5) is 29.2. The lowest BCUT2D eigenvalue weighted by atomic mass is 9.83. The third kappa shape index (κ3) is 1.91. The zero-order chi connectivity index (χ0) is 16.3. The lowest BCUT2D eigenvalue weighted by Crippen LogP contribution is -2.58. The van der Waals surface area contributed by atoms with E-state index >= 15 is 0 Å². The monoisotopic (exact) mass is 323 g/mol. The number of hydrogen-bond donors (Lipinski definition) is 0. The Morgan fingerprint density at radius 3 is 2.62 bits per heavy atom. The Morgan fingerprint density at radius 1 is 1.08 bits per heavy atom. The molecule has 0 radical (unpaired) electrons. The quantitative estimate of drug-likeness (QED) is 0.794. The summed E-state index contributed by atoms with van der Waals surface area (Å²) in [6.07, 6.45) is 5.20. The molecular formula is C19H21N3O2. The number of para-hydroxylation sites is 1. The Morgan fingerprint density at radius 2 is 1.92 bits per heavy atom. The predicted molar refractivity (Wildman–Crippen MR) is 91.3 cm³/mol. The summed E-state index contributed by atoms with van der Waals surface area (Å²) in [6.45, 7) is 4.87. The lowest BCUT2D eigenvalue weighted by molar-refractivity contribution is 0.00726. The standard InChI is InChI=1S/C19H21N3O2/c23-12-14-10-21-8-9-22(17-11-20-6-4-13(17)5-7-20)19(24)16-3-1-2-15(14)18(16)21/h1-3,10,12-13,17H,4-9,11H2/t17-/m1/s1. The van der Waals surface area contributed by atoms with E-state index in [1.807, 2.05) is 24.4 Å². The van der Waals surface area contributed by atoms with Crippen LogP contribution >= 0.6 is 0 Å². The highest BCUT2D eigenvalue weighted by molar-refractivity contribution is 6.10. The van der Waals surface area contributed by atoms with Crippen molar-refractivity contribution in [3.63, 3.8) is 0 Å². The van der Waals surface area contributed by atoms with Crippen LogP contribution < -0.4 is 0 Å². The lowest BCUT2D eigenvalue weighted by Gasteiger charge is -2.48. The van der Waals surface area contributed by atoms with Gasteiger partial charge in [0.25, 0.3) is 5.91 Å². The first kappa shape index (κ1) is 14.2. The molecule has 0 N–H and O–H groups in total. The second kappa shape index (κ2) is 5.18. The molecule has 0 spiro atoms. The number of piperidine rings is 3. The molecular weight excluding hydrogens is 302 g/mol. The summed E-state index contributed by atoms with van der Waals surface area (Å²) in [7, 11) is 0. The fraction of sp³-hybridized carbons (Fsp3) is 0.474. The van der Waals surface area contributed by atoms with E-state index in [1.54, 1.807) is 0 Å². The Balaban J connectivity index is 1.59. The first-order valence-corrected chi connectivity index (χ1v) is 8.86. The average molecular weight is 323 g/mol. The number of carbonyl (C=O) groups excluding carboxylic acids is 2. The molecule has 3 saturated heterocycles. The van der Waals surface area contributed by atoms with Crippen molar-refractivity contribution in [3.05, 3.63) is 35.5 Å². The molecule has 5 nitrogen and oxygen atoms in total. The van der Waals surface area contributed by atoms with Crippen LogP contribution in [0.1, 0.15) is 33.6 Å². The molecule has 2 bridgehead atoms. The first-order chi connectivity index (χ1) is 11.8. The summed E-state index contributed by atoms with van der Waals surface area (Å²) in [6, 6.07) is 6.09. The van der Waals surface area contributed by atoms with E-state index < -0.39 is 0 Å². The van der Waals surface area contributed by atoms with Gasteiger partial charge in [0.2, 0.25) is 0 Å². The van der Waals surface area contributed by atoms with Gasteiger partial charge in [-0.25, -0.2) is 0 Å². The van der Waals surface area contributed by atoms with Crippen molar-refractivity contribution >= 4 is 23.1 Å². The Kier molecular flexibility index (Phi) is 3.07. The molecule has 1 aromatic carbocycles. The van der Waals surface area contributed by atoms with Crippen LogP contribution in [0.4, 0.5) is 0 Å². The molecule has 124 valence electrons. The summed E-state index contributed by atoms with van der Waals surface area (Å²) < 4.78 is 2.09. The van der Waals surface area contributed by atoms with E-state index in [0.29, 0.717) is 17.5 Å². The maximum Gasteiger partial charge on any atom is 0.256 e. The molecule has 24 heavy (non-hydrogen) atoms. The van der Waals surface area contributed by atoms with Gasteiger partial charge in [-0.3, -0.25) is 9.59 Å². The van der Waals surface area contributed by atoms with Crippen LogP contribution in [0.15, 0.2) is 24.4 Å². The number of fused-ring (bicyclic) bond motifs is 3. The van der Waals surface area contributed by atoms with E-state index in [2.05, 4.69) is 14.4 Å². The van der Waals surface area contributed by atoms with Crippen LogP contribution in [0.25, 0.3) is 10.9 Å². The molecule has 1 aromatic heterocycles. The fourth-order valence-electron chi connectivity index (χ4n) is 4.91. The number of carbonyl (C=O) groups is 2. The molecule has 0 aliphatic carbocycles. The minimum Gasteiger partial charge on any atom is -0.344 e. The maximum atomic E-state index is 13.3.